The summed E-state index contributed by atoms with van der Waals surface area (Å²) in [4.78, 5) is 14.9. The molecule has 34 heavy (non-hydrogen) atoms. The quantitative estimate of drug-likeness (QED) is 0.427. The van der Waals surface area contributed by atoms with Crippen molar-refractivity contribution in [1.82, 2.24) is 16.2 Å². The first-order valence-corrected chi connectivity index (χ1v) is 13.0. The van der Waals surface area contributed by atoms with Gasteiger partial charge in [-0.2, -0.15) is 0 Å². The Bertz CT molecular complexity index is 887. The lowest BCUT2D eigenvalue weighted by Gasteiger charge is -2.34. The first-order chi connectivity index (χ1) is 16.6. The predicted octanol–water partition coefficient (Wildman–Crippen LogP) is 4.10. The summed E-state index contributed by atoms with van der Waals surface area (Å²) in [7, 11) is 0. The lowest BCUT2D eigenvalue weighted by molar-refractivity contribution is -0.116. The summed E-state index contributed by atoms with van der Waals surface area (Å²) in [5, 5.41) is 6.88. The van der Waals surface area contributed by atoms with Gasteiger partial charge in [0.25, 0.3) is 0 Å². The summed E-state index contributed by atoms with van der Waals surface area (Å²) in [5.41, 5.74) is 10.1. The Balaban J connectivity index is 1.17. The van der Waals surface area contributed by atoms with E-state index in [1.165, 1.54) is 17.7 Å². The summed E-state index contributed by atoms with van der Waals surface area (Å²) in [6.07, 6.45) is 5.85. The van der Waals surface area contributed by atoms with Crippen molar-refractivity contribution < 1.29 is 4.79 Å². The Morgan fingerprint density at radius 3 is 2.47 bits per heavy atom. The second-order valence-corrected chi connectivity index (χ2v) is 9.97. The molecule has 0 aromatic heterocycles. The molecule has 4 rings (SSSR count). The smallest absolute Gasteiger partial charge is 0.224 e. The number of nitrogens with one attached hydrogen (secondary N) is 4. The molecular formula is C28H41N5O. The molecule has 0 aliphatic carbocycles. The van der Waals surface area contributed by atoms with Crippen molar-refractivity contribution in [3.05, 3.63) is 60.2 Å². The van der Waals surface area contributed by atoms with Crippen LogP contribution in [0.5, 0.6) is 0 Å². The zero-order valence-corrected chi connectivity index (χ0v) is 20.7. The first kappa shape index (κ1) is 24.7. The van der Waals surface area contributed by atoms with E-state index in [2.05, 4.69) is 64.5 Å². The van der Waals surface area contributed by atoms with Crippen molar-refractivity contribution in [3.63, 3.8) is 0 Å². The average molecular weight is 464 g/mol. The molecule has 1 amide bonds. The minimum Gasteiger partial charge on any atom is -0.371 e. The van der Waals surface area contributed by atoms with Crippen molar-refractivity contribution in [2.45, 2.75) is 70.5 Å². The number of aryl methyl sites for hydroxylation is 1. The molecule has 2 saturated heterocycles. The maximum Gasteiger partial charge on any atom is 0.224 e. The van der Waals surface area contributed by atoms with Gasteiger partial charge in [0, 0.05) is 49.0 Å². The summed E-state index contributed by atoms with van der Waals surface area (Å²) < 4.78 is 0. The molecule has 4 N–H and O–H groups in total. The highest BCUT2D eigenvalue weighted by molar-refractivity contribution is 5.91. The number of benzene rings is 2. The van der Waals surface area contributed by atoms with Crippen molar-refractivity contribution in [1.29, 1.82) is 0 Å². The molecular weight excluding hydrogens is 422 g/mol. The molecule has 184 valence electrons. The van der Waals surface area contributed by atoms with Gasteiger partial charge < -0.3 is 15.5 Å². The average Bonchev–Trinajstić information content (AvgIpc) is 3.17. The van der Waals surface area contributed by atoms with Crippen LogP contribution in [0.25, 0.3) is 0 Å². The minimum atomic E-state index is 0.0901. The molecule has 0 radical (unpaired) electrons. The van der Waals surface area contributed by atoms with Crippen LogP contribution in [0.3, 0.4) is 0 Å². The Morgan fingerprint density at radius 2 is 1.74 bits per heavy atom. The van der Waals surface area contributed by atoms with E-state index in [1.54, 1.807) is 0 Å². The molecule has 2 atom stereocenters. The fraction of sp³-hybridized carbons (Fsp3) is 0.536. The van der Waals surface area contributed by atoms with Crippen LogP contribution in [0, 0.1) is 5.92 Å². The van der Waals surface area contributed by atoms with Crippen molar-refractivity contribution in [3.8, 4) is 0 Å². The molecule has 2 unspecified atom stereocenters. The zero-order chi connectivity index (χ0) is 23.8. The number of nitrogens with zero attached hydrogens (tertiary/aromatic N) is 1. The fourth-order valence-corrected chi connectivity index (χ4v) is 5.31. The summed E-state index contributed by atoms with van der Waals surface area (Å²) in [5.74, 6) is 0.774. The van der Waals surface area contributed by atoms with Gasteiger partial charge in [0.2, 0.25) is 5.91 Å². The van der Waals surface area contributed by atoms with Crippen LogP contribution in [0.1, 0.15) is 51.5 Å². The number of carbonyl (C=O) groups is 1. The number of amides is 1. The highest BCUT2D eigenvalue weighted by atomic mass is 16.1. The molecule has 2 heterocycles. The zero-order valence-electron chi connectivity index (χ0n) is 20.7. The molecule has 2 aromatic rings. The van der Waals surface area contributed by atoms with Gasteiger partial charge in [0.1, 0.15) is 0 Å². The molecule has 0 bridgehead atoms. The van der Waals surface area contributed by atoms with Crippen LogP contribution in [-0.4, -0.2) is 43.7 Å². The molecule has 2 aromatic carbocycles. The van der Waals surface area contributed by atoms with Gasteiger partial charge in [-0.05, 0) is 82.2 Å². The number of hydrogen-bond donors (Lipinski definition) is 4. The molecule has 0 saturated carbocycles. The van der Waals surface area contributed by atoms with Crippen LogP contribution in [0.15, 0.2) is 54.6 Å². The monoisotopic (exact) mass is 463 g/mol. The predicted molar refractivity (Wildman–Crippen MR) is 141 cm³/mol. The standard InChI is InChI=1S/C28H41N5O/c1-21-27(22(2)32-31-21)14-17-29-24-15-18-33(19-16-24)26-12-7-11-25(20-26)30-28(34)13-6-10-23-8-4-3-5-9-23/h3-5,7-9,11-12,20-22,24,27,29,31-32H,6,10,13-19H2,1-2H3,(H,30,34). The summed E-state index contributed by atoms with van der Waals surface area (Å²) in [6.45, 7) is 7.71. The lowest BCUT2D eigenvalue weighted by Crippen LogP contribution is -2.43. The van der Waals surface area contributed by atoms with E-state index in [9.17, 15) is 4.79 Å². The normalized spacial score (nSPS) is 23.2. The fourth-order valence-electron chi connectivity index (χ4n) is 5.31. The topological polar surface area (TPSA) is 68.4 Å². The van der Waals surface area contributed by atoms with Crippen LogP contribution >= 0.6 is 0 Å². The van der Waals surface area contributed by atoms with E-state index in [0.717, 1.165) is 51.0 Å². The van der Waals surface area contributed by atoms with Crippen molar-refractivity contribution in [2.24, 2.45) is 5.92 Å². The Kier molecular flexibility index (Phi) is 8.97. The van der Waals surface area contributed by atoms with Crippen molar-refractivity contribution in [2.75, 3.05) is 29.9 Å². The number of rotatable bonds is 10. The van der Waals surface area contributed by atoms with Gasteiger partial charge in [-0.1, -0.05) is 36.4 Å². The molecule has 2 aliphatic heterocycles. The van der Waals surface area contributed by atoms with E-state index in [-0.39, 0.29) is 5.91 Å². The Hall–Kier alpha value is -2.41. The SMILES string of the molecule is CC1NNC(C)C1CCNC1CCN(c2cccc(NC(=O)CCCc3ccccc3)c2)CC1. The largest absolute Gasteiger partial charge is 0.371 e. The molecule has 2 aliphatic rings. The Morgan fingerprint density at radius 1 is 1.00 bits per heavy atom. The summed E-state index contributed by atoms with van der Waals surface area (Å²) in [6, 6.07) is 20.3. The number of hydrogen-bond acceptors (Lipinski definition) is 5. The second kappa shape index (κ2) is 12.3. The van der Waals surface area contributed by atoms with Gasteiger partial charge in [0.05, 0.1) is 0 Å². The second-order valence-electron chi connectivity index (χ2n) is 9.97. The van der Waals surface area contributed by atoms with Gasteiger partial charge in [-0.15, -0.1) is 0 Å². The third-order valence-electron chi connectivity index (χ3n) is 7.44. The number of hydrazine groups is 1. The molecule has 6 nitrogen and oxygen atoms in total. The van der Waals surface area contributed by atoms with Crippen LogP contribution in [0.4, 0.5) is 11.4 Å². The highest BCUT2D eigenvalue weighted by Crippen LogP contribution is 2.24. The third kappa shape index (κ3) is 7.05. The van der Waals surface area contributed by atoms with Crippen LogP contribution < -0.4 is 26.4 Å². The molecule has 2 fully saturated rings. The number of piperidine rings is 1. The highest BCUT2D eigenvalue weighted by Gasteiger charge is 2.29. The minimum absolute atomic E-state index is 0.0901. The van der Waals surface area contributed by atoms with Gasteiger partial charge in [0.15, 0.2) is 0 Å². The van der Waals surface area contributed by atoms with E-state index >= 15 is 0 Å². The third-order valence-corrected chi connectivity index (χ3v) is 7.44. The van der Waals surface area contributed by atoms with E-state index < -0.39 is 0 Å². The number of anilines is 2. The van der Waals surface area contributed by atoms with E-state index in [0.29, 0.717) is 30.5 Å². The van der Waals surface area contributed by atoms with E-state index in [1.807, 2.05) is 30.3 Å². The van der Waals surface area contributed by atoms with E-state index in [4.69, 9.17) is 0 Å². The van der Waals surface area contributed by atoms with Gasteiger partial charge in [-0.3, -0.25) is 15.6 Å². The first-order valence-electron chi connectivity index (χ1n) is 13.0. The summed E-state index contributed by atoms with van der Waals surface area (Å²) >= 11 is 0. The lowest BCUT2D eigenvalue weighted by atomic mass is 9.93. The molecule has 6 heteroatoms. The number of carbonyl (C=O) groups excluding carboxylic acids is 1. The van der Waals surface area contributed by atoms with Gasteiger partial charge in [-0.25, -0.2) is 0 Å². The van der Waals surface area contributed by atoms with Gasteiger partial charge >= 0.3 is 0 Å². The maximum atomic E-state index is 12.4. The van der Waals surface area contributed by atoms with Crippen LogP contribution in [-0.2, 0) is 11.2 Å². The molecule has 0 spiro atoms. The Labute approximate surface area is 204 Å². The van der Waals surface area contributed by atoms with Crippen LogP contribution in [0.2, 0.25) is 0 Å². The maximum absolute atomic E-state index is 12.4. The van der Waals surface area contributed by atoms with Crippen molar-refractivity contribution >= 4 is 17.3 Å².